The first kappa shape index (κ1) is 15.9. The van der Waals surface area contributed by atoms with Crippen molar-refractivity contribution < 1.29 is 0 Å². The minimum Gasteiger partial charge on any atom is -0.374 e. The Balaban J connectivity index is 2.02. The molecule has 2 nitrogen and oxygen atoms in total. The van der Waals surface area contributed by atoms with Gasteiger partial charge in [-0.2, -0.15) is 0 Å². The largest absolute Gasteiger partial charge is 0.374 e. The highest BCUT2D eigenvalue weighted by molar-refractivity contribution is 7.71. The van der Waals surface area contributed by atoms with Gasteiger partial charge in [0, 0.05) is 21.8 Å². The third-order valence-corrected chi connectivity index (χ3v) is 6.64. The van der Waals surface area contributed by atoms with Crippen LogP contribution in [0.5, 0.6) is 0 Å². The number of anilines is 1. The molecule has 0 spiro atoms. The van der Waals surface area contributed by atoms with E-state index in [0.717, 1.165) is 15.4 Å². The molecule has 1 aliphatic heterocycles. The predicted molar refractivity (Wildman–Crippen MR) is 106 cm³/mol. The number of rotatable bonds is 1. The number of aromatic nitrogens is 1. The van der Waals surface area contributed by atoms with Gasteiger partial charge >= 0.3 is 0 Å². The highest BCUT2D eigenvalue weighted by Crippen LogP contribution is 2.48. The van der Waals surface area contributed by atoms with Crippen LogP contribution in [0.4, 0.5) is 5.69 Å². The maximum atomic E-state index is 6.03. The molecule has 0 bridgehead atoms. The van der Waals surface area contributed by atoms with Crippen LogP contribution in [-0.2, 0) is 5.54 Å². The van der Waals surface area contributed by atoms with Gasteiger partial charge < -0.3 is 5.32 Å². The highest BCUT2D eigenvalue weighted by Gasteiger charge is 2.35. The Hall–Kier alpha value is -1.62. The molecule has 3 aromatic rings. The minimum atomic E-state index is -0.162. The van der Waals surface area contributed by atoms with Gasteiger partial charge in [-0.15, -0.1) is 0 Å². The predicted octanol–water partition coefficient (Wildman–Crippen LogP) is 6.56. The SMILES string of the molecule is Cc1cccc2c1NC(C)(C)c1sn(-c3ccc(Cl)cc3)c(=S)c1-2. The van der Waals surface area contributed by atoms with Crippen LogP contribution in [0.3, 0.4) is 0 Å². The van der Waals surface area contributed by atoms with E-state index >= 15 is 0 Å². The van der Waals surface area contributed by atoms with Gasteiger partial charge in [-0.05, 0) is 50.6 Å². The standard InChI is InChI=1S/C19H17ClN2S2/c1-11-5-4-6-14-15-17(19(2,3)21-16(11)14)24-22(18(15)23)13-9-7-12(20)8-10-13/h4-10,21H,1-3H3. The van der Waals surface area contributed by atoms with Crippen LogP contribution < -0.4 is 5.32 Å². The van der Waals surface area contributed by atoms with Gasteiger partial charge in [0.25, 0.3) is 0 Å². The molecule has 1 aromatic heterocycles. The van der Waals surface area contributed by atoms with Crippen molar-refractivity contribution in [3.8, 4) is 16.8 Å². The molecule has 2 heterocycles. The Bertz CT molecular complexity index is 997. The van der Waals surface area contributed by atoms with Gasteiger partial charge in [-0.1, -0.05) is 53.6 Å². The number of fused-ring (bicyclic) bond motifs is 3. The van der Waals surface area contributed by atoms with Crippen LogP contribution in [0.25, 0.3) is 16.8 Å². The summed E-state index contributed by atoms with van der Waals surface area (Å²) in [5.41, 5.74) is 5.68. The van der Waals surface area contributed by atoms with Crippen molar-refractivity contribution in [2.45, 2.75) is 26.3 Å². The second-order valence-electron chi connectivity index (χ2n) is 6.62. The molecule has 2 aromatic carbocycles. The molecule has 0 amide bonds. The molecule has 1 N–H and O–H groups in total. The van der Waals surface area contributed by atoms with Crippen LogP contribution in [0.15, 0.2) is 42.5 Å². The number of para-hydroxylation sites is 1. The Labute approximate surface area is 155 Å². The Morgan fingerprint density at radius 3 is 2.54 bits per heavy atom. The molecule has 4 rings (SSSR count). The Kier molecular flexibility index (Phi) is 3.60. The summed E-state index contributed by atoms with van der Waals surface area (Å²) in [7, 11) is 0. The van der Waals surface area contributed by atoms with Gasteiger partial charge in [0.2, 0.25) is 0 Å². The summed E-state index contributed by atoms with van der Waals surface area (Å²) in [5, 5.41) is 4.42. The quantitative estimate of drug-likeness (QED) is 0.487. The van der Waals surface area contributed by atoms with Crippen molar-refractivity contribution in [3.63, 3.8) is 0 Å². The first-order valence-corrected chi connectivity index (χ1v) is 9.35. The average Bonchev–Trinajstić information content (AvgIpc) is 2.88. The molecule has 24 heavy (non-hydrogen) atoms. The third kappa shape index (κ3) is 2.32. The van der Waals surface area contributed by atoms with Gasteiger partial charge in [0.1, 0.15) is 4.64 Å². The zero-order chi connectivity index (χ0) is 17.1. The minimum absolute atomic E-state index is 0.162. The van der Waals surface area contributed by atoms with Crippen molar-refractivity contribution in [3.05, 3.63) is 62.6 Å². The lowest BCUT2D eigenvalue weighted by Crippen LogP contribution is -2.31. The lowest BCUT2D eigenvalue weighted by Gasteiger charge is -2.34. The summed E-state index contributed by atoms with van der Waals surface area (Å²) >= 11 is 13.6. The van der Waals surface area contributed by atoms with E-state index in [9.17, 15) is 0 Å². The average molecular weight is 373 g/mol. The van der Waals surface area contributed by atoms with Gasteiger partial charge in [0.15, 0.2) is 0 Å². The molecule has 0 fully saturated rings. The fraction of sp³-hybridized carbons (Fsp3) is 0.211. The van der Waals surface area contributed by atoms with E-state index in [2.05, 4.69) is 48.2 Å². The molecule has 5 heteroatoms. The summed E-state index contributed by atoms with van der Waals surface area (Å²) in [4.78, 5) is 1.26. The second-order valence-corrected chi connectivity index (χ2v) is 8.40. The molecule has 0 atom stereocenters. The number of nitrogens with one attached hydrogen (secondary N) is 1. The van der Waals surface area contributed by atoms with Crippen LogP contribution in [0.1, 0.15) is 24.3 Å². The van der Waals surface area contributed by atoms with E-state index in [1.54, 1.807) is 11.5 Å². The summed E-state index contributed by atoms with van der Waals surface area (Å²) in [6.45, 7) is 6.55. The van der Waals surface area contributed by atoms with Crippen molar-refractivity contribution in [2.75, 3.05) is 5.32 Å². The van der Waals surface area contributed by atoms with Crippen molar-refractivity contribution >= 4 is 41.0 Å². The molecular weight excluding hydrogens is 356 g/mol. The monoisotopic (exact) mass is 372 g/mol. The topological polar surface area (TPSA) is 17.0 Å². The Morgan fingerprint density at radius 1 is 1.12 bits per heavy atom. The maximum Gasteiger partial charge on any atom is 0.129 e. The summed E-state index contributed by atoms with van der Waals surface area (Å²) in [5.74, 6) is 0. The molecule has 0 saturated carbocycles. The van der Waals surface area contributed by atoms with Gasteiger partial charge in [-0.25, -0.2) is 0 Å². The molecule has 0 radical (unpaired) electrons. The molecule has 0 unspecified atom stereocenters. The summed E-state index contributed by atoms with van der Waals surface area (Å²) < 4.78 is 2.98. The number of hydrogen-bond donors (Lipinski definition) is 1. The van der Waals surface area contributed by atoms with E-state index in [0.29, 0.717) is 0 Å². The summed E-state index contributed by atoms with van der Waals surface area (Å²) in [6.07, 6.45) is 0. The Morgan fingerprint density at radius 2 is 1.83 bits per heavy atom. The van der Waals surface area contributed by atoms with Gasteiger partial charge in [-0.3, -0.25) is 3.96 Å². The van der Waals surface area contributed by atoms with E-state index in [1.807, 2.05) is 24.3 Å². The molecular formula is C19H17ClN2S2. The van der Waals surface area contributed by atoms with Crippen molar-refractivity contribution in [1.82, 2.24) is 3.96 Å². The molecule has 1 aliphatic rings. The number of aryl methyl sites for hydroxylation is 1. The van der Waals surface area contributed by atoms with Gasteiger partial charge in [0.05, 0.1) is 16.1 Å². The van der Waals surface area contributed by atoms with Crippen LogP contribution in [0.2, 0.25) is 5.02 Å². The first-order chi connectivity index (χ1) is 11.4. The number of halogens is 1. The van der Waals surface area contributed by atoms with E-state index in [-0.39, 0.29) is 5.54 Å². The fourth-order valence-corrected chi connectivity index (χ4v) is 4.98. The van der Waals surface area contributed by atoms with E-state index in [4.69, 9.17) is 23.8 Å². The van der Waals surface area contributed by atoms with Crippen LogP contribution in [-0.4, -0.2) is 3.96 Å². The van der Waals surface area contributed by atoms with E-state index in [1.165, 1.54) is 27.3 Å². The number of benzene rings is 2. The molecule has 0 aliphatic carbocycles. The smallest absolute Gasteiger partial charge is 0.129 e. The second kappa shape index (κ2) is 5.45. The van der Waals surface area contributed by atoms with Crippen molar-refractivity contribution in [2.24, 2.45) is 0 Å². The maximum absolute atomic E-state index is 6.03. The molecule has 0 saturated heterocycles. The van der Waals surface area contributed by atoms with Crippen LogP contribution >= 0.6 is 35.4 Å². The fourth-order valence-electron chi connectivity index (χ4n) is 3.20. The first-order valence-electron chi connectivity index (χ1n) is 7.79. The van der Waals surface area contributed by atoms with Crippen molar-refractivity contribution in [1.29, 1.82) is 0 Å². The summed E-state index contributed by atoms with van der Waals surface area (Å²) in [6, 6.07) is 14.2. The number of nitrogens with zero attached hydrogens (tertiary/aromatic N) is 1. The van der Waals surface area contributed by atoms with E-state index < -0.39 is 0 Å². The zero-order valence-corrected chi connectivity index (χ0v) is 16.1. The highest BCUT2D eigenvalue weighted by atomic mass is 35.5. The third-order valence-electron chi connectivity index (χ3n) is 4.42. The lowest BCUT2D eigenvalue weighted by molar-refractivity contribution is 0.619. The molecule has 122 valence electrons. The normalized spacial score (nSPS) is 14.7. The lowest BCUT2D eigenvalue weighted by atomic mass is 9.88. The van der Waals surface area contributed by atoms with Crippen LogP contribution in [0, 0.1) is 11.6 Å². The number of hydrogen-bond acceptors (Lipinski definition) is 3. The zero-order valence-electron chi connectivity index (χ0n) is 13.7.